The Kier molecular flexibility index (Phi) is 3.38. The van der Waals surface area contributed by atoms with E-state index in [1.165, 1.54) is 6.42 Å². The van der Waals surface area contributed by atoms with Crippen LogP contribution in [-0.4, -0.2) is 22.4 Å². The van der Waals surface area contributed by atoms with Crippen LogP contribution < -0.4 is 5.32 Å². The molecule has 0 radical (unpaired) electrons. The molecule has 0 bridgehead atoms. The molecule has 0 aliphatic heterocycles. The largest absolute Gasteiger partial charge is 0.506 e. The lowest BCUT2D eigenvalue weighted by Gasteiger charge is -2.41. The van der Waals surface area contributed by atoms with Gasteiger partial charge in [0.2, 0.25) is 0 Å². The van der Waals surface area contributed by atoms with Gasteiger partial charge in [0.05, 0.1) is 11.6 Å². The molecule has 0 heterocycles. The molecule has 0 aromatic heterocycles. The molecule has 0 amide bonds. The number of nitrogens with one attached hydrogen (secondary N) is 1. The van der Waals surface area contributed by atoms with Crippen LogP contribution in [0.25, 0.3) is 0 Å². The van der Waals surface area contributed by atoms with Crippen molar-refractivity contribution < 1.29 is 10.2 Å². The fourth-order valence-electron chi connectivity index (χ4n) is 1.94. The lowest BCUT2D eigenvalue weighted by Crippen LogP contribution is -2.53. The van der Waals surface area contributed by atoms with E-state index < -0.39 is 0 Å². The van der Waals surface area contributed by atoms with Crippen LogP contribution in [-0.2, 0) is 6.54 Å². The fraction of sp³-hybridized carbons (Fsp3) is 0.500. The smallest absolute Gasteiger partial charge is 0.134 e. The van der Waals surface area contributed by atoms with Crippen LogP contribution in [0.4, 0.5) is 0 Å². The Hall–Kier alpha value is -0.770. The van der Waals surface area contributed by atoms with E-state index in [4.69, 9.17) is 11.6 Å². The van der Waals surface area contributed by atoms with Crippen LogP contribution in [0.3, 0.4) is 0 Å². The summed E-state index contributed by atoms with van der Waals surface area (Å²) in [4.78, 5) is 0. The summed E-state index contributed by atoms with van der Waals surface area (Å²) in [5.74, 6) is 0.103. The normalized spacial score (nSPS) is 18.1. The van der Waals surface area contributed by atoms with Gasteiger partial charge in [-0.15, -0.1) is 0 Å². The topological polar surface area (TPSA) is 52.5 Å². The first-order valence-corrected chi connectivity index (χ1v) is 5.86. The molecule has 4 heteroatoms. The second kappa shape index (κ2) is 4.62. The molecule has 0 atom stereocenters. The van der Waals surface area contributed by atoms with Crippen molar-refractivity contribution in [2.45, 2.75) is 31.3 Å². The van der Waals surface area contributed by atoms with Crippen molar-refractivity contribution in [2.24, 2.45) is 0 Å². The minimum absolute atomic E-state index is 0.0929. The number of phenols is 1. The van der Waals surface area contributed by atoms with Crippen molar-refractivity contribution in [3.8, 4) is 5.75 Å². The average Bonchev–Trinajstić information content (AvgIpc) is 2.22. The van der Waals surface area contributed by atoms with E-state index >= 15 is 0 Å². The molecule has 1 saturated carbocycles. The molecule has 1 fully saturated rings. The zero-order valence-electron chi connectivity index (χ0n) is 9.04. The first-order chi connectivity index (χ1) is 7.65. The SMILES string of the molecule is OCC1(NCc2ccc(O)c(Cl)c2)CCC1. The molecule has 0 spiro atoms. The second-order valence-electron chi connectivity index (χ2n) is 4.43. The number of aromatic hydroxyl groups is 1. The van der Waals surface area contributed by atoms with Crippen LogP contribution in [0.5, 0.6) is 5.75 Å². The molecule has 1 aromatic rings. The minimum atomic E-state index is -0.0929. The van der Waals surface area contributed by atoms with Crippen LogP contribution >= 0.6 is 11.6 Å². The summed E-state index contributed by atoms with van der Waals surface area (Å²) >= 11 is 5.82. The van der Waals surface area contributed by atoms with Crippen molar-refractivity contribution in [1.29, 1.82) is 0 Å². The molecule has 0 unspecified atom stereocenters. The predicted molar refractivity (Wildman–Crippen MR) is 63.6 cm³/mol. The number of hydrogen-bond acceptors (Lipinski definition) is 3. The number of phenolic OH excluding ortho intramolecular Hbond substituents is 1. The summed E-state index contributed by atoms with van der Waals surface area (Å²) in [6, 6.07) is 5.16. The van der Waals surface area contributed by atoms with E-state index in [1.54, 1.807) is 12.1 Å². The Bertz CT molecular complexity index is 372. The zero-order chi connectivity index (χ0) is 11.6. The fourth-order valence-corrected chi connectivity index (χ4v) is 2.15. The maximum absolute atomic E-state index is 9.28. The Labute approximate surface area is 100 Å². The first-order valence-electron chi connectivity index (χ1n) is 5.48. The van der Waals surface area contributed by atoms with Gasteiger partial charge < -0.3 is 15.5 Å². The van der Waals surface area contributed by atoms with Gasteiger partial charge in [-0.2, -0.15) is 0 Å². The van der Waals surface area contributed by atoms with Gasteiger partial charge in [0.25, 0.3) is 0 Å². The molecule has 3 N–H and O–H groups in total. The molecule has 0 saturated heterocycles. The van der Waals surface area contributed by atoms with Gasteiger partial charge in [0.15, 0.2) is 0 Å². The summed E-state index contributed by atoms with van der Waals surface area (Å²) < 4.78 is 0. The Morgan fingerprint density at radius 1 is 1.38 bits per heavy atom. The van der Waals surface area contributed by atoms with Crippen LogP contribution in [0.2, 0.25) is 5.02 Å². The third-order valence-corrected chi connectivity index (χ3v) is 3.60. The number of hydrogen-bond donors (Lipinski definition) is 3. The van der Waals surface area contributed by atoms with E-state index in [0.717, 1.165) is 18.4 Å². The van der Waals surface area contributed by atoms with E-state index in [9.17, 15) is 10.2 Å². The number of halogens is 1. The van der Waals surface area contributed by atoms with Gasteiger partial charge in [-0.05, 0) is 37.0 Å². The summed E-state index contributed by atoms with van der Waals surface area (Å²) in [5, 5.41) is 22.3. The van der Waals surface area contributed by atoms with Gasteiger partial charge in [-0.3, -0.25) is 0 Å². The molecular weight excluding hydrogens is 226 g/mol. The number of aliphatic hydroxyl groups is 1. The second-order valence-corrected chi connectivity index (χ2v) is 4.84. The number of rotatable bonds is 4. The van der Waals surface area contributed by atoms with Crippen molar-refractivity contribution in [3.05, 3.63) is 28.8 Å². The maximum atomic E-state index is 9.28. The van der Waals surface area contributed by atoms with Crippen molar-refractivity contribution >= 4 is 11.6 Å². The van der Waals surface area contributed by atoms with Gasteiger partial charge in [-0.25, -0.2) is 0 Å². The molecule has 16 heavy (non-hydrogen) atoms. The third kappa shape index (κ3) is 2.32. The average molecular weight is 242 g/mol. The first kappa shape index (κ1) is 11.7. The van der Waals surface area contributed by atoms with E-state index in [-0.39, 0.29) is 17.9 Å². The standard InChI is InChI=1S/C12H16ClNO2/c13-10-6-9(2-3-11(10)16)7-14-12(8-15)4-1-5-12/h2-3,6,14-16H,1,4-5,7-8H2. The summed E-state index contributed by atoms with van der Waals surface area (Å²) in [6.45, 7) is 0.847. The van der Waals surface area contributed by atoms with Gasteiger partial charge in [-0.1, -0.05) is 17.7 Å². The van der Waals surface area contributed by atoms with Crippen LogP contribution in [0, 0.1) is 0 Å². The molecule has 1 aliphatic carbocycles. The summed E-state index contributed by atoms with van der Waals surface area (Å²) in [6.07, 6.45) is 3.22. The van der Waals surface area contributed by atoms with E-state index in [2.05, 4.69) is 5.32 Å². The summed E-state index contributed by atoms with van der Waals surface area (Å²) in [5.41, 5.74) is 0.923. The highest BCUT2D eigenvalue weighted by atomic mass is 35.5. The number of benzene rings is 1. The van der Waals surface area contributed by atoms with Crippen molar-refractivity contribution in [3.63, 3.8) is 0 Å². The number of aliphatic hydroxyl groups excluding tert-OH is 1. The quantitative estimate of drug-likeness (QED) is 0.756. The summed E-state index contributed by atoms with van der Waals surface area (Å²) in [7, 11) is 0. The molecule has 3 nitrogen and oxygen atoms in total. The highest BCUT2D eigenvalue weighted by Crippen LogP contribution is 2.32. The maximum Gasteiger partial charge on any atom is 0.134 e. The van der Waals surface area contributed by atoms with Gasteiger partial charge >= 0.3 is 0 Å². The third-order valence-electron chi connectivity index (χ3n) is 3.29. The Balaban J connectivity index is 1.96. The van der Waals surface area contributed by atoms with Crippen molar-refractivity contribution in [1.82, 2.24) is 5.32 Å². The molecular formula is C12H16ClNO2. The zero-order valence-corrected chi connectivity index (χ0v) is 9.80. The van der Waals surface area contributed by atoms with E-state index in [0.29, 0.717) is 11.6 Å². The molecule has 88 valence electrons. The Morgan fingerprint density at radius 3 is 2.62 bits per heavy atom. The Morgan fingerprint density at radius 2 is 2.12 bits per heavy atom. The molecule has 1 aliphatic rings. The van der Waals surface area contributed by atoms with Gasteiger partial charge in [0.1, 0.15) is 5.75 Å². The highest BCUT2D eigenvalue weighted by Gasteiger charge is 2.35. The highest BCUT2D eigenvalue weighted by molar-refractivity contribution is 6.32. The van der Waals surface area contributed by atoms with Crippen LogP contribution in [0.15, 0.2) is 18.2 Å². The monoisotopic (exact) mass is 241 g/mol. The van der Waals surface area contributed by atoms with Crippen LogP contribution in [0.1, 0.15) is 24.8 Å². The van der Waals surface area contributed by atoms with Gasteiger partial charge in [0, 0.05) is 12.1 Å². The molecule has 1 aromatic carbocycles. The van der Waals surface area contributed by atoms with Crippen molar-refractivity contribution in [2.75, 3.05) is 6.61 Å². The minimum Gasteiger partial charge on any atom is -0.506 e. The van der Waals surface area contributed by atoms with E-state index in [1.807, 2.05) is 6.07 Å². The lowest BCUT2D eigenvalue weighted by molar-refractivity contribution is 0.0872. The molecule has 2 rings (SSSR count). The predicted octanol–water partition coefficient (Wildman–Crippen LogP) is 2.05. The lowest BCUT2D eigenvalue weighted by atomic mass is 9.77.